The molecule has 5 heteroatoms. The number of likely N-dealkylation sites (tertiary alicyclic amines) is 1. The summed E-state index contributed by atoms with van der Waals surface area (Å²) in [6.45, 7) is 8.15. The first-order valence-electron chi connectivity index (χ1n) is 8.31. The van der Waals surface area contributed by atoms with Crippen LogP contribution >= 0.6 is 0 Å². The zero-order valence-electron chi connectivity index (χ0n) is 14.7. The summed E-state index contributed by atoms with van der Waals surface area (Å²) in [6, 6.07) is 8.07. The number of ketones is 1. The zero-order chi connectivity index (χ0) is 17.5. The summed E-state index contributed by atoms with van der Waals surface area (Å²) in [7, 11) is 0. The van der Waals surface area contributed by atoms with E-state index in [9.17, 15) is 9.59 Å². The van der Waals surface area contributed by atoms with Gasteiger partial charge in [0.15, 0.2) is 5.78 Å². The summed E-state index contributed by atoms with van der Waals surface area (Å²) in [5, 5.41) is 1.12. The average molecular weight is 328 g/mol. The largest absolute Gasteiger partial charge is 0.444 e. The van der Waals surface area contributed by atoms with Crippen molar-refractivity contribution in [1.82, 2.24) is 9.88 Å². The highest BCUT2D eigenvalue weighted by Gasteiger charge is 2.33. The van der Waals surface area contributed by atoms with Crippen molar-refractivity contribution in [3.05, 3.63) is 35.5 Å². The zero-order valence-corrected chi connectivity index (χ0v) is 14.7. The maximum absolute atomic E-state index is 12.4. The number of fused-ring (bicyclic) bond motifs is 1. The van der Waals surface area contributed by atoms with Crippen LogP contribution in [0.25, 0.3) is 10.9 Å². The van der Waals surface area contributed by atoms with E-state index in [1.165, 1.54) is 4.90 Å². The first kappa shape index (κ1) is 16.6. The number of carbonyl (C=O) groups excluding carboxylic acids is 2. The second-order valence-electron chi connectivity index (χ2n) is 7.51. The number of H-pyrrole nitrogens is 1. The Hall–Kier alpha value is -2.30. The van der Waals surface area contributed by atoms with Gasteiger partial charge in [0.2, 0.25) is 0 Å². The lowest BCUT2D eigenvalue weighted by Crippen LogP contribution is -2.45. The molecule has 2 heterocycles. The molecule has 1 aromatic heterocycles. The van der Waals surface area contributed by atoms with Crippen LogP contribution in [-0.2, 0) is 9.53 Å². The quantitative estimate of drug-likeness (QED) is 0.867. The summed E-state index contributed by atoms with van der Waals surface area (Å²) < 4.78 is 5.44. The normalized spacial score (nSPS) is 18.9. The third kappa shape index (κ3) is 3.30. The first-order valence-corrected chi connectivity index (χ1v) is 8.31. The highest BCUT2D eigenvalue weighted by Crippen LogP contribution is 2.34. The monoisotopic (exact) mass is 328 g/mol. The number of para-hydroxylation sites is 1. The minimum absolute atomic E-state index is 0.00471. The lowest BCUT2D eigenvalue weighted by Gasteiger charge is -2.33. The van der Waals surface area contributed by atoms with Gasteiger partial charge in [-0.2, -0.15) is 0 Å². The molecule has 1 N–H and O–H groups in total. The minimum Gasteiger partial charge on any atom is -0.444 e. The number of carbonyl (C=O) groups is 2. The number of hydrogen-bond donors (Lipinski definition) is 1. The fourth-order valence-electron chi connectivity index (χ4n) is 3.43. The van der Waals surface area contributed by atoms with Gasteiger partial charge < -0.3 is 14.6 Å². The van der Waals surface area contributed by atoms with Crippen LogP contribution < -0.4 is 0 Å². The summed E-state index contributed by atoms with van der Waals surface area (Å²) in [5.74, 6) is 0.0664. The molecule has 1 atom stereocenters. The van der Waals surface area contributed by atoms with Crippen molar-refractivity contribution in [2.24, 2.45) is 0 Å². The third-order valence-electron chi connectivity index (χ3n) is 4.29. The fourth-order valence-corrected chi connectivity index (χ4v) is 3.43. The van der Waals surface area contributed by atoms with Gasteiger partial charge >= 0.3 is 6.09 Å². The molecule has 1 saturated heterocycles. The molecular weight excluding hydrogens is 304 g/mol. The number of benzene rings is 1. The van der Waals surface area contributed by atoms with Gasteiger partial charge in [0, 0.05) is 35.5 Å². The van der Waals surface area contributed by atoms with Crippen molar-refractivity contribution in [2.75, 3.05) is 13.1 Å². The van der Waals surface area contributed by atoms with Gasteiger partial charge in [0.1, 0.15) is 5.60 Å². The highest BCUT2D eigenvalue weighted by molar-refractivity contribution is 5.89. The molecule has 1 amide bonds. The second-order valence-corrected chi connectivity index (χ2v) is 7.51. The second kappa shape index (κ2) is 5.96. The van der Waals surface area contributed by atoms with Crippen LogP contribution in [0.1, 0.15) is 44.4 Å². The van der Waals surface area contributed by atoms with Crippen LogP contribution in [0.3, 0.4) is 0 Å². The van der Waals surface area contributed by atoms with E-state index in [-0.39, 0.29) is 18.2 Å². The van der Waals surface area contributed by atoms with Crippen molar-refractivity contribution in [3.8, 4) is 0 Å². The third-order valence-corrected chi connectivity index (χ3v) is 4.29. The van der Waals surface area contributed by atoms with Gasteiger partial charge in [-0.3, -0.25) is 4.79 Å². The predicted octanol–water partition coefficient (Wildman–Crippen LogP) is 3.77. The van der Waals surface area contributed by atoms with E-state index < -0.39 is 11.7 Å². The van der Waals surface area contributed by atoms with Crippen molar-refractivity contribution in [1.29, 1.82) is 0 Å². The van der Waals surface area contributed by atoms with Crippen molar-refractivity contribution < 1.29 is 14.3 Å². The molecule has 3 rings (SSSR count). The predicted molar refractivity (Wildman–Crippen MR) is 93.2 cm³/mol. The summed E-state index contributed by atoms with van der Waals surface area (Å²) in [6.07, 6.45) is 0.0418. The van der Waals surface area contributed by atoms with E-state index in [0.29, 0.717) is 13.0 Å². The number of amides is 1. The van der Waals surface area contributed by atoms with E-state index in [2.05, 4.69) is 11.1 Å². The Kier molecular flexibility index (Phi) is 4.11. The van der Waals surface area contributed by atoms with Crippen molar-refractivity contribution in [2.45, 2.75) is 45.6 Å². The molecule has 0 saturated carbocycles. The van der Waals surface area contributed by atoms with Crippen LogP contribution in [0.4, 0.5) is 4.79 Å². The number of nitrogens with one attached hydrogen (secondary N) is 1. The summed E-state index contributed by atoms with van der Waals surface area (Å²) in [4.78, 5) is 29.5. The number of piperidine rings is 1. The molecule has 5 nitrogen and oxygen atoms in total. The first-order chi connectivity index (χ1) is 11.2. The Labute approximate surface area is 142 Å². The van der Waals surface area contributed by atoms with E-state index in [1.807, 2.05) is 45.9 Å². The number of ether oxygens (including phenoxy) is 1. The molecular formula is C19H24N2O3. The van der Waals surface area contributed by atoms with Crippen LogP contribution in [-0.4, -0.2) is 40.5 Å². The average Bonchev–Trinajstić information content (AvgIpc) is 2.80. The van der Waals surface area contributed by atoms with Gasteiger partial charge in [-0.25, -0.2) is 4.79 Å². The molecule has 128 valence electrons. The molecule has 0 aliphatic carbocycles. The molecule has 1 aliphatic rings. The topological polar surface area (TPSA) is 62.4 Å². The van der Waals surface area contributed by atoms with Gasteiger partial charge in [0.05, 0.1) is 6.54 Å². The molecule has 1 aromatic carbocycles. The van der Waals surface area contributed by atoms with E-state index in [4.69, 9.17) is 4.74 Å². The lowest BCUT2D eigenvalue weighted by atomic mass is 9.88. The standard InChI is InChI=1S/C19H24N2O3/c1-12-17(15-7-5-6-8-16(15)20-12)13-9-14(22)11-21(10-13)18(23)24-19(2,3)4/h5-8,13,20H,9-11H2,1-4H3/t13-/m0/s1. The van der Waals surface area contributed by atoms with E-state index in [0.717, 1.165) is 22.2 Å². The molecule has 0 spiro atoms. The summed E-state index contributed by atoms with van der Waals surface area (Å²) >= 11 is 0. The maximum atomic E-state index is 12.4. The Morgan fingerprint density at radius 1 is 1.29 bits per heavy atom. The Bertz CT molecular complexity index is 785. The SMILES string of the molecule is Cc1[nH]c2ccccc2c1[C@H]1CC(=O)CN(C(=O)OC(C)(C)C)C1. The number of aromatic amines is 1. The molecule has 1 fully saturated rings. The number of aromatic nitrogens is 1. The molecule has 0 unspecified atom stereocenters. The number of hydrogen-bond acceptors (Lipinski definition) is 3. The molecule has 24 heavy (non-hydrogen) atoms. The van der Waals surface area contributed by atoms with Crippen LogP contribution in [0.5, 0.6) is 0 Å². The van der Waals surface area contributed by atoms with E-state index in [1.54, 1.807) is 0 Å². The van der Waals surface area contributed by atoms with Gasteiger partial charge in [0.25, 0.3) is 0 Å². The molecule has 2 aromatic rings. The van der Waals surface area contributed by atoms with Crippen LogP contribution in [0.15, 0.2) is 24.3 Å². The number of Topliss-reactive ketones (excluding diaryl/α,β-unsaturated/α-hetero) is 1. The smallest absolute Gasteiger partial charge is 0.410 e. The Balaban J connectivity index is 1.89. The Morgan fingerprint density at radius 2 is 2.00 bits per heavy atom. The maximum Gasteiger partial charge on any atom is 0.410 e. The van der Waals surface area contributed by atoms with E-state index >= 15 is 0 Å². The van der Waals surface area contributed by atoms with Gasteiger partial charge in [-0.05, 0) is 39.3 Å². The summed E-state index contributed by atoms with van der Waals surface area (Å²) in [5.41, 5.74) is 2.68. The molecule has 0 radical (unpaired) electrons. The molecule has 0 bridgehead atoms. The van der Waals surface area contributed by atoms with Crippen molar-refractivity contribution in [3.63, 3.8) is 0 Å². The molecule has 1 aliphatic heterocycles. The minimum atomic E-state index is -0.566. The van der Waals surface area contributed by atoms with Crippen LogP contribution in [0, 0.1) is 6.92 Å². The Morgan fingerprint density at radius 3 is 2.71 bits per heavy atom. The number of rotatable bonds is 1. The number of nitrogens with zero attached hydrogens (tertiary/aromatic N) is 1. The van der Waals surface area contributed by atoms with Crippen LogP contribution in [0.2, 0.25) is 0 Å². The fraction of sp³-hybridized carbons (Fsp3) is 0.474. The van der Waals surface area contributed by atoms with Gasteiger partial charge in [-0.15, -0.1) is 0 Å². The number of aryl methyl sites for hydroxylation is 1. The highest BCUT2D eigenvalue weighted by atomic mass is 16.6. The lowest BCUT2D eigenvalue weighted by molar-refractivity contribution is -0.122. The van der Waals surface area contributed by atoms with Crippen molar-refractivity contribution >= 4 is 22.8 Å². The van der Waals surface area contributed by atoms with Gasteiger partial charge in [-0.1, -0.05) is 18.2 Å².